The van der Waals surface area contributed by atoms with Crippen molar-refractivity contribution in [1.29, 1.82) is 0 Å². The van der Waals surface area contributed by atoms with E-state index in [0.717, 1.165) is 10.9 Å². The van der Waals surface area contributed by atoms with Gasteiger partial charge in [0.1, 0.15) is 0 Å². The van der Waals surface area contributed by atoms with E-state index in [0.29, 0.717) is 18.2 Å². The Labute approximate surface area is 86.2 Å². The maximum Gasteiger partial charge on any atom is 0.256 e. The van der Waals surface area contributed by atoms with Crippen LogP contribution in [0.5, 0.6) is 11.6 Å². The molecule has 0 N–H and O–H groups in total. The number of halogens is 1. The lowest BCUT2D eigenvalue weighted by Gasteiger charge is -2.08. The lowest BCUT2D eigenvalue weighted by molar-refractivity contribution is 0.303. The molecule has 0 aliphatic carbocycles. The van der Waals surface area contributed by atoms with E-state index in [1.165, 1.54) is 0 Å². The third-order valence-corrected chi connectivity index (χ3v) is 2.17. The summed E-state index contributed by atoms with van der Waals surface area (Å²) in [7, 11) is 1.58. The van der Waals surface area contributed by atoms with Gasteiger partial charge in [-0.05, 0) is 18.6 Å². The molecule has 4 heteroatoms. The van der Waals surface area contributed by atoms with Crippen LogP contribution in [0.4, 0.5) is 0 Å². The van der Waals surface area contributed by atoms with Crippen molar-refractivity contribution in [3.63, 3.8) is 0 Å². The first-order chi connectivity index (χ1) is 6.31. The Morgan fingerprint density at radius 3 is 2.85 bits per heavy atom. The molecule has 1 heterocycles. The SMILES string of the molecule is CCOc1cc(CBr)cnc1OC. The Morgan fingerprint density at radius 1 is 1.54 bits per heavy atom. The predicted molar refractivity (Wildman–Crippen MR) is 54.6 cm³/mol. The van der Waals surface area contributed by atoms with Gasteiger partial charge in [0.05, 0.1) is 13.7 Å². The van der Waals surface area contributed by atoms with Gasteiger partial charge in [-0.1, -0.05) is 15.9 Å². The highest BCUT2D eigenvalue weighted by Gasteiger charge is 2.05. The second-order valence-electron chi connectivity index (χ2n) is 2.42. The van der Waals surface area contributed by atoms with Gasteiger partial charge < -0.3 is 9.47 Å². The maximum atomic E-state index is 5.36. The lowest BCUT2D eigenvalue weighted by atomic mass is 10.3. The van der Waals surface area contributed by atoms with Crippen LogP contribution in [0.1, 0.15) is 12.5 Å². The first kappa shape index (κ1) is 10.3. The number of ether oxygens (including phenoxy) is 2. The lowest BCUT2D eigenvalue weighted by Crippen LogP contribution is -1.98. The number of alkyl halides is 1. The molecule has 0 bridgehead atoms. The highest BCUT2D eigenvalue weighted by molar-refractivity contribution is 9.08. The molecule has 0 aliphatic heterocycles. The standard InChI is InChI=1S/C9H12BrNO2/c1-3-13-8-4-7(5-10)6-11-9(8)12-2/h4,6H,3,5H2,1-2H3. The van der Waals surface area contributed by atoms with Gasteiger partial charge in [0, 0.05) is 11.5 Å². The summed E-state index contributed by atoms with van der Waals surface area (Å²) >= 11 is 3.35. The van der Waals surface area contributed by atoms with Crippen LogP contribution < -0.4 is 9.47 Å². The Bertz CT molecular complexity index is 278. The molecular formula is C9H12BrNO2. The topological polar surface area (TPSA) is 31.4 Å². The summed E-state index contributed by atoms with van der Waals surface area (Å²) in [5.74, 6) is 1.23. The first-order valence-corrected chi connectivity index (χ1v) is 5.15. The molecule has 3 nitrogen and oxygen atoms in total. The molecule has 0 fully saturated rings. The Balaban J connectivity index is 2.95. The highest BCUT2D eigenvalue weighted by atomic mass is 79.9. The second kappa shape index (κ2) is 5.07. The van der Waals surface area contributed by atoms with Crippen molar-refractivity contribution in [3.05, 3.63) is 17.8 Å². The van der Waals surface area contributed by atoms with Gasteiger partial charge >= 0.3 is 0 Å². The minimum atomic E-state index is 0.534. The van der Waals surface area contributed by atoms with E-state index < -0.39 is 0 Å². The summed E-state index contributed by atoms with van der Waals surface area (Å²) in [6.07, 6.45) is 1.76. The zero-order chi connectivity index (χ0) is 9.68. The summed E-state index contributed by atoms with van der Waals surface area (Å²) in [5, 5.41) is 0.768. The van der Waals surface area contributed by atoms with Crippen LogP contribution in [0.15, 0.2) is 12.3 Å². The number of rotatable bonds is 4. The van der Waals surface area contributed by atoms with E-state index in [4.69, 9.17) is 9.47 Å². The minimum absolute atomic E-state index is 0.534. The fourth-order valence-electron chi connectivity index (χ4n) is 0.958. The molecule has 0 unspecified atom stereocenters. The monoisotopic (exact) mass is 245 g/mol. The summed E-state index contributed by atoms with van der Waals surface area (Å²) in [4.78, 5) is 4.11. The van der Waals surface area contributed by atoms with E-state index in [9.17, 15) is 0 Å². The third kappa shape index (κ3) is 2.59. The first-order valence-electron chi connectivity index (χ1n) is 4.03. The van der Waals surface area contributed by atoms with E-state index in [2.05, 4.69) is 20.9 Å². The summed E-state index contributed by atoms with van der Waals surface area (Å²) in [6.45, 7) is 2.55. The fraction of sp³-hybridized carbons (Fsp3) is 0.444. The van der Waals surface area contributed by atoms with Gasteiger partial charge in [0.25, 0.3) is 5.88 Å². The molecule has 1 rings (SSSR count). The molecule has 0 saturated carbocycles. The van der Waals surface area contributed by atoms with Crippen molar-refractivity contribution in [2.45, 2.75) is 12.3 Å². The molecule has 72 valence electrons. The van der Waals surface area contributed by atoms with Crippen LogP contribution in [-0.4, -0.2) is 18.7 Å². The third-order valence-electron chi connectivity index (χ3n) is 1.52. The predicted octanol–water partition coefficient (Wildman–Crippen LogP) is 2.38. The quantitative estimate of drug-likeness (QED) is 0.764. The van der Waals surface area contributed by atoms with Crippen molar-refractivity contribution in [2.75, 3.05) is 13.7 Å². The molecule has 1 aromatic heterocycles. The average molecular weight is 246 g/mol. The van der Waals surface area contributed by atoms with Gasteiger partial charge in [-0.15, -0.1) is 0 Å². The van der Waals surface area contributed by atoms with Crippen LogP contribution in [0.2, 0.25) is 0 Å². The normalized spacial score (nSPS) is 9.77. The van der Waals surface area contributed by atoms with Crippen LogP contribution in [0.3, 0.4) is 0 Å². The van der Waals surface area contributed by atoms with Gasteiger partial charge in [-0.25, -0.2) is 4.98 Å². The van der Waals surface area contributed by atoms with Crippen molar-refractivity contribution < 1.29 is 9.47 Å². The number of aromatic nitrogens is 1. The van der Waals surface area contributed by atoms with Crippen molar-refractivity contribution >= 4 is 15.9 Å². The second-order valence-corrected chi connectivity index (χ2v) is 2.98. The van der Waals surface area contributed by atoms with Crippen LogP contribution in [0, 0.1) is 0 Å². The van der Waals surface area contributed by atoms with Gasteiger partial charge in [0.15, 0.2) is 5.75 Å². The number of pyridine rings is 1. The van der Waals surface area contributed by atoms with Crippen LogP contribution in [-0.2, 0) is 5.33 Å². The number of hydrogen-bond acceptors (Lipinski definition) is 3. The maximum absolute atomic E-state index is 5.36. The molecular weight excluding hydrogens is 234 g/mol. The summed E-state index contributed by atoms with van der Waals surface area (Å²) < 4.78 is 10.4. The molecule has 1 aromatic rings. The van der Waals surface area contributed by atoms with Gasteiger partial charge in [-0.2, -0.15) is 0 Å². The molecule has 0 aromatic carbocycles. The van der Waals surface area contributed by atoms with Gasteiger partial charge in [0.2, 0.25) is 0 Å². The van der Waals surface area contributed by atoms with Crippen LogP contribution in [0.25, 0.3) is 0 Å². The molecule has 0 atom stereocenters. The zero-order valence-electron chi connectivity index (χ0n) is 7.71. The van der Waals surface area contributed by atoms with Gasteiger partial charge in [-0.3, -0.25) is 0 Å². The van der Waals surface area contributed by atoms with Crippen LogP contribution >= 0.6 is 15.9 Å². The van der Waals surface area contributed by atoms with Crippen molar-refractivity contribution in [1.82, 2.24) is 4.98 Å². The minimum Gasteiger partial charge on any atom is -0.488 e. The largest absolute Gasteiger partial charge is 0.488 e. The zero-order valence-corrected chi connectivity index (χ0v) is 9.30. The molecule has 0 saturated heterocycles. The molecule has 0 amide bonds. The summed E-state index contributed by atoms with van der Waals surface area (Å²) in [6, 6.07) is 1.92. The number of methoxy groups -OCH3 is 1. The molecule has 0 spiro atoms. The smallest absolute Gasteiger partial charge is 0.256 e. The van der Waals surface area contributed by atoms with Crippen molar-refractivity contribution in [2.24, 2.45) is 0 Å². The number of nitrogens with zero attached hydrogens (tertiary/aromatic N) is 1. The molecule has 13 heavy (non-hydrogen) atoms. The Morgan fingerprint density at radius 2 is 2.31 bits per heavy atom. The Hall–Kier alpha value is -0.770. The molecule has 0 aliphatic rings. The average Bonchev–Trinajstić information content (AvgIpc) is 2.18. The van der Waals surface area contributed by atoms with E-state index in [1.807, 2.05) is 13.0 Å². The number of hydrogen-bond donors (Lipinski definition) is 0. The summed E-state index contributed by atoms with van der Waals surface area (Å²) in [5.41, 5.74) is 1.07. The van der Waals surface area contributed by atoms with E-state index in [1.54, 1.807) is 13.3 Å². The highest BCUT2D eigenvalue weighted by Crippen LogP contribution is 2.25. The molecule has 0 radical (unpaired) electrons. The fourth-order valence-corrected chi connectivity index (χ4v) is 1.26. The Kier molecular flexibility index (Phi) is 4.02. The van der Waals surface area contributed by atoms with Crippen molar-refractivity contribution in [3.8, 4) is 11.6 Å². The van der Waals surface area contributed by atoms with E-state index in [-0.39, 0.29) is 0 Å². The van der Waals surface area contributed by atoms with E-state index >= 15 is 0 Å².